The highest BCUT2D eigenvalue weighted by Gasteiger charge is 2.13. The molecule has 0 aliphatic carbocycles. The molecule has 4 aromatic rings. The van der Waals surface area contributed by atoms with Gasteiger partial charge in [0, 0.05) is 0 Å². The summed E-state index contributed by atoms with van der Waals surface area (Å²) >= 11 is 5.72. The van der Waals surface area contributed by atoms with E-state index in [4.69, 9.17) is 5.73 Å². The average Bonchev–Trinajstić information content (AvgIpc) is 3.00. The number of benzene rings is 1. The molecule has 2 N–H and O–H groups in total. The van der Waals surface area contributed by atoms with Crippen LogP contribution in [0, 0.1) is 0 Å². The van der Waals surface area contributed by atoms with Gasteiger partial charge in [-0.2, -0.15) is 0 Å². The number of thiol groups is 1. The lowest BCUT2D eigenvalue weighted by Crippen LogP contribution is -1.98. The van der Waals surface area contributed by atoms with Crippen molar-refractivity contribution in [2.45, 2.75) is 5.16 Å². The zero-order valence-electron chi connectivity index (χ0n) is 10.1. The predicted molar refractivity (Wildman–Crippen MR) is 81.5 cm³/mol. The maximum absolute atomic E-state index is 5.83. The number of para-hydroxylation sites is 1. The molecule has 0 fully saturated rings. The molecule has 0 aliphatic rings. The third kappa shape index (κ3) is 1.65. The van der Waals surface area contributed by atoms with E-state index < -0.39 is 0 Å². The molecular weight excluding hydrogens is 292 g/mol. The number of fused-ring (bicyclic) bond motifs is 2. The van der Waals surface area contributed by atoms with Crippen molar-refractivity contribution in [3.05, 3.63) is 30.6 Å². The van der Waals surface area contributed by atoms with Gasteiger partial charge < -0.3 is 5.73 Å². The van der Waals surface area contributed by atoms with Crippen molar-refractivity contribution in [2.24, 2.45) is 0 Å². The zero-order chi connectivity index (χ0) is 13.7. The van der Waals surface area contributed by atoms with E-state index in [1.807, 2.05) is 24.3 Å². The van der Waals surface area contributed by atoms with Crippen LogP contribution in [-0.4, -0.2) is 24.5 Å². The number of hydrogen-bond acceptors (Lipinski definition) is 7. The molecule has 0 atom stereocenters. The van der Waals surface area contributed by atoms with Gasteiger partial charge in [0.25, 0.3) is 0 Å². The van der Waals surface area contributed by atoms with Gasteiger partial charge in [-0.1, -0.05) is 23.5 Å². The van der Waals surface area contributed by atoms with Crippen molar-refractivity contribution in [2.75, 3.05) is 5.73 Å². The van der Waals surface area contributed by atoms with Crippen LogP contribution in [0.15, 0.2) is 35.7 Å². The first-order valence-electron chi connectivity index (χ1n) is 5.78. The molecule has 3 heterocycles. The van der Waals surface area contributed by atoms with E-state index in [1.165, 1.54) is 0 Å². The van der Waals surface area contributed by atoms with Gasteiger partial charge in [0.1, 0.15) is 6.33 Å². The molecular formula is C12H8N6S2. The van der Waals surface area contributed by atoms with Crippen LogP contribution in [0.2, 0.25) is 0 Å². The first-order chi connectivity index (χ1) is 9.72. The Balaban J connectivity index is 2.02. The van der Waals surface area contributed by atoms with Crippen LogP contribution in [0.3, 0.4) is 0 Å². The smallest absolute Gasteiger partial charge is 0.197 e. The molecule has 0 saturated heterocycles. The number of rotatable bonds is 1. The monoisotopic (exact) mass is 300 g/mol. The largest absolute Gasteiger partial charge is 0.382 e. The van der Waals surface area contributed by atoms with Gasteiger partial charge >= 0.3 is 0 Å². The average molecular weight is 300 g/mol. The van der Waals surface area contributed by atoms with Crippen molar-refractivity contribution in [1.82, 2.24) is 24.5 Å². The molecule has 0 saturated carbocycles. The minimum absolute atomic E-state index is 0.317. The number of nitrogens with zero attached hydrogens (tertiary/aromatic N) is 5. The van der Waals surface area contributed by atoms with Gasteiger partial charge in [0.05, 0.1) is 10.2 Å². The fourth-order valence-corrected chi connectivity index (χ4v) is 3.15. The normalized spacial score (nSPS) is 11.4. The molecule has 0 spiro atoms. The second kappa shape index (κ2) is 4.15. The molecule has 0 bridgehead atoms. The summed E-state index contributed by atoms with van der Waals surface area (Å²) in [5.41, 5.74) is 7.95. The fourth-order valence-electron chi connectivity index (χ4n) is 2.01. The lowest BCUT2D eigenvalue weighted by Gasteiger charge is -1.99. The van der Waals surface area contributed by atoms with Gasteiger partial charge in [0.15, 0.2) is 27.3 Å². The molecule has 98 valence electrons. The lowest BCUT2D eigenvalue weighted by atomic mass is 10.3. The van der Waals surface area contributed by atoms with Crippen molar-refractivity contribution in [3.63, 3.8) is 0 Å². The summed E-state index contributed by atoms with van der Waals surface area (Å²) in [5, 5.41) is 1.11. The zero-order valence-corrected chi connectivity index (χ0v) is 11.8. The van der Waals surface area contributed by atoms with Gasteiger partial charge in [-0.15, -0.1) is 12.6 Å². The number of anilines is 1. The number of hydrogen-bond donors (Lipinski definition) is 2. The topological polar surface area (TPSA) is 82.5 Å². The third-order valence-corrected chi connectivity index (χ3v) is 4.14. The van der Waals surface area contributed by atoms with Crippen LogP contribution >= 0.6 is 24.0 Å². The third-order valence-electron chi connectivity index (χ3n) is 2.90. The lowest BCUT2D eigenvalue weighted by molar-refractivity contribution is 0.974. The van der Waals surface area contributed by atoms with E-state index in [-0.39, 0.29) is 0 Å². The highest BCUT2D eigenvalue weighted by Crippen LogP contribution is 2.27. The summed E-state index contributed by atoms with van der Waals surface area (Å²) in [6.07, 6.45) is 1.65. The highest BCUT2D eigenvalue weighted by atomic mass is 32.1. The minimum atomic E-state index is 0.317. The summed E-state index contributed by atoms with van der Waals surface area (Å²) in [7, 11) is 0. The van der Waals surface area contributed by atoms with E-state index in [0.29, 0.717) is 22.1 Å². The number of thiazole rings is 1. The number of nitrogen functional groups attached to an aromatic ring is 1. The summed E-state index contributed by atoms with van der Waals surface area (Å²) in [6, 6.07) is 7.96. The summed E-state index contributed by atoms with van der Waals surface area (Å²) in [4.78, 5) is 17.1. The Morgan fingerprint density at radius 3 is 2.85 bits per heavy atom. The summed E-state index contributed by atoms with van der Waals surface area (Å²) in [6.45, 7) is 0. The molecule has 1 aromatic carbocycles. The van der Waals surface area contributed by atoms with Gasteiger partial charge in [-0.3, -0.25) is 4.57 Å². The molecule has 0 radical (unpaired) electrons. The van der Waals surface area contributed by atoms with Crippen LogP contribution in [0.25, 0.3) is 26.5 Å². The van der Waals surface area contributed by atoms with Crippen LogP contribution in [0.5, 0.6) is 0 Å². The highest BCUT2D eigenvalue weighted by molar-refractivity contribution is 7.80. The second-order valence-electron chi connectivity index (χ2n) is 4.16. The van der Waals surface area contributed by atoms with Gasteiger partial charge in [-0.25, -0.2) is 19.9 Å². The van der Waals surface area contributed by atoms with Crippen molar-refractivity contribution < 1.29 is 0 Å². The number of aromatic nitrogens is 5. The quantitative estimate of drug-likeness (QED) is 0.416. The van der Waals surface area contributed by atoms with Crippen LogP contribution in [0.4, 0.5) is 5.82 Å². The summed E-state index contributed by atoms with van der Waals surface area (Å²) < 4.78 is 2.91. The molecule has 0 unspecified atom stereocenters. The predicted octanol–water partition coefficient (Wildman–Crippen LogP) is 2.30. The maximum Gasteiger partial charge on any atom is 0.197 e. The first-order valence-corrected chi connectivity index (χ1v) is 7.04. The van der Waals surface area contributed by atoms with Crippen molar-refractivity contribution in [3.8, 4) is 5.13 Å². The SMILES string of the molecule is Nc1nc(S)nc2c1ncn2-c1nc2ccccc2s1. The molecule has 0 aliphatic heterocycles. The van der Waals surface area contributed by atoms with E-state index in [9.17, 15) is 0 Å². The van der Waals surface area contributed by atoms with Gasteiger partial charge in [-0.05, 0) is 12.1 Å². The standard InChI is InChI=1S/C12H8N6S2/c13-9-8-10(17-11(19)16-9)18(5-14-8)12-15-6-3-1-2-4-7(6)20-12/h1-5H,(H3,13,16,17,19). The molecule has 6 nitrogen and oxygen atoms in total. The fraction of sp³-hybridized carbons (Fsp3) is 0. The van der Waals surface area contributed by atoms with E-state index >= 15 is 0 Å². The maximum atomic E-state index is 5.83. The van der Waals surface area contributed by atoms with Crippen LogP contribution < -0.4 is 5.73 Å². The second-order valence-corrected chi connectivity index (χ2v) is 5.57. The number of imidazole rings is 1. The van der Waals surface area contributed by atoms with E-state index in [0.717, 1.165) is 15.3 Å². The van der Waals surface area contributed by atoms with Gasteiger partial charge in [0.2, 0.25) is 0 Å². The van der Waals surface area contributed by atoms with Crippen LogP contribution in [-0.2, 0) is 0 Å². The molecule has 3 aromatic heterocycles. The Hall–Kier alpha value is -2.19. The van der Waals surface area contributed by atoms with E-state index in [1.54, 1.807) is 22.2 Å². The van der Waals surface area contributed by atoms with Crippen LogP contribution in [0.1, 0.15) is 0 Å². The minimum Gasteiger partial charge on any atom is -0.382 e. The Bertz CT molecular complexity index is 909. The molecule has 4 rings (SSSR count). The van der Waals surface area contributed by atoms with E-state index in [2.05, 4.69) is 32.6 Å². The summed E-state index contributed by atoms with van der Waals surface area (Å²) in [5.74, 6) is 0.319. The Morgan fingerprint density at radius 2 is 2.00 bits per heavy atom. The Labute approximate surface area is 122 Å². The Kier molecular flexibility index (Phi) is 2.41. The Morgan fingerprint density at radius 1 is 1.15 bits per heavy atom. The van der Waals surface area contributed by atoms with Crippen molar-refractivity contribution >= 4 is 51.2 Å². The molecule has 0 amide bonds. The number of nitrogens with two attached hydrogens (primary N) is 1. The van der Waals surface area contributed by atoms with Crippen molar-refractivity contribution in [1.29, 1.82) is 0 Å². The molecule has 8 heteroatoms. The first kappa shape index (κ1) is 11.6. The molecule has 20 heavy (non-hydrogen) atoms.